The maximum atomic E-state index is 11.1. The van der Waals surface area contributed by atoms with Crippen LogP contribution in [0.1, 0.15) is 51.9 Å². The van der Waals surface area contributed by atoms with Crippen molar-refractivity contribution in [2.75, 3.05) is 0 Å². The zero-order valence-corrected chi connectivity index (χ0v) is 14.2. The third-order valence-electron chi connectivity index (χ3n) is 3.92. The van der Waals surface area contributed by atoms with Gasteiger partial charge < -0.3 is 14.4 Å². The number of nitro groups is 1. The van der Waals surface area contributed by atoms with Crippen molar-refractivity contribution < 1.29 is 24.1 Å². The Labute approximate surface area is 135 Å². The van der Waals surface area contributed by atoms with E-state index in [1.54, 1.807) is 0 Å². The van der Waals surface area contributed by atoms with Crippen LogP contribution in [-0.4, -0.2) is 34.3 Å². The Morgan fingerprint density at radius 3 is 2.00 bits per heavy atom. The Kier molecular flexibility index (Phi) is 5.55. The van der Waals surface area contributed by atoms with Crippen LogP contribution in [0.25, 0.3) is 0 Å². The van der Waals surface area contributed by atoms with Crippen LogP contribution in [0, 0.1) is 10.1 Å². The fourth-order valence-corrected chi connectivity index (χ4v) is 1.98. The number of aromatic carboxylic acids is 1. The molecule has 0 atom stereocenters. The zero-order chi connectivity index (χ0) is 18.0. The molecule has 0 radical (unpaired) electrons. The van der Waals surface area contributed by atoms with Crippen molar-refractivity contribution in [2.24, 2.45) is 0 Å². The SMILES string of the molecule is CC.CC1(C)OB(c2cc(C(=O)O)cc([N+](=O)[O-])c2)OC1(C)C. The summed E-state index contributed by atoms with van der Waals surface area (Å²) in [7, 11) is -0.840. The van der Waals surface area contributed by atoms with Gasteiger partial charge in [0.15, 0.2) is 0 Å². The highest BCUT2D eigenvalue weighted by molar-refractivity contribution is 6.62. The molecule has 0 unspecified atom stereocenters. The van der Waals surface area contributed by atoms with Gasteiger partial charge in [0.25, 0.3) is 5.69 Å². The molecule has 1 N–H and O–H groups in total. The maximum absolute atomic E-state index is 11.1. The first-order chi connectivity index (χ1) is 10.5. The van der Waals surface area contributed by atoms with Crippen LogP contribution in [0.5, 0.6) is 0 Å². The third kappa shape index (κ3) is 3.89. The Morgan fingerprint density at radius 1 is 1.13 bits per heavy atom. The van der Waals surface area contributed by atoms with Gasteiger partial charge in [-0.25, -0.2) is 4.79 Å². The van der Waals surface area contributed by atoms with Crippen LogP contribution in [0.3, 0.4) is 0 Å². The van der Waals surface area contributed by atoms with Crippen molar-refractivity contribution in [2.45, 2.75) is 52.7 Å². The Bertz CT molecular complexity index is 566. The maximum Gasteiger partial charge on any atom is 0.495 e. The molecule has 1 aliphatic rings. The van der Waals surface area contributed by atoms with E-state index in [0.29, 0.717) is 5.46 Å². The monoisotopic (exact) mass is 323 g/mol. The average Bonchev–Trinajstić information content (AvgIpc) is 2.69. The number of hydrogen-bond acceptors (Lipinski definition) is 5. The number of nitrogens with zero attached hydrogens (tertiary/aromatic N) is 1. The van der Waals surface area contributed by atoms with E-state index in [-0.39, 0.29) is 11.3 Å². The number of non-ortho nitro benzene ring substituents is 1. The van der Waals surface area contributed by atoms with Crippen LogP contribution < -0.4 is 5.46 Å². The molecule has 8 heteroatoms. The molecule has 7 nitrogen and oxygen atoms in total. The normalized spacial score (nSPS) is 18.1. The lowest BCUT2D eigenvalue weighted by Gasteiger charge is -2.32. The number of nitro benzene ring substituents is 1. The second kappa shape index (κ2) is 6.68. The molecule has 0 amide bonds. The molecule has 23 heavy (non-hydrogen) atoms. The molecule has 1 saturated heterocycles. The van der Waals surface area contributed by atoms with Gasteiger partial charge in [-0.2, -0.15) is 0 Å². The number of carbonyl (C=O) groups is 1. The van der Waals surface area contributed by atoms with Gasteiger partial charge in [-0.15, -0.1) is 0 Å². The molecule has 1 heterocycles. The largest absolute Gasteiger partial charge is 0.495 e. The topological polar surface area (TPSA) is 98.9 Å². The van der Waals surface area contributed by atoms with Crippen molar-refractivity contribution in [1.82, 2.24) is 0 Å². The minimum Gasteiger partial charge on any atom is -0.478 e. The Hall–Kier alpha value is -1.93. The van der Waals surface area contributed by atoms with Gasteiger partial charge in [-0.3, -0.25) is 10.1 Å². The number of carboxylic acids is 1. The van der Waals surface area contributed by atoms with Crippen LogP contribution in [0.15, 0.2) is 18.2 Å². The molecule has 1 fully saturated rings. The Balaban J connectivity index is 0.00000127. The van der Waals surface area contributed by atoms with E-state index in [1.165, 1.54) is 12.1 Å². The predicted molar refractivity (Wildman–Crippen MR) is 87.1 cm³/mol. The highest BCUT2D eigenvalue weighted by Gasteiger charge is 2.52. The summed E-state index contributed by atoms with van der Waals surface area (Å²) >= 11 is 0. The summed E-state index contributed by atoms with van der Waals surface area (Å²) in [6, 6.07) is 3.61. The second-order valence-corrected chi connectivity index (χ2v) is 5.96. The van der Waals surface area contributed by atoms with E-state index in [9.17, 15) is 14.9 Å². The number of rotatable bonds is 3. The Morgan fingerprint density at radius 2 is 1.61 bits per heavy atom. The summed E-state index contributed by atoms with van der Waals surface area (Å²) in [4.78, 5) is 21.4. The van der Waals surface area contributed by atoms with Gasteiger partial charge in [-0.1, -0.05) is 13.8 Å². The molecule has 0 aliphatic carbocycles. The number of hydrogen-bond donors (Lipinski definition) is 1. The molecule has 1 aromatic rings. The molecule has 0 aromatic heterocycles. The highest BCUT2D eigenvalue weighted by atomic mass is 16.7. The summed E-state index contributed by atoms with van der Waals surface area (Å²) in [5, 5.41) is 20.0. The van der Waals surface area contributed by atoms with Crippen molar-refractivity contribution in [3.05, 3.63) is 33.9 Å². The van der Waals surface area contributed by atoms with E-state index in [4.69, 9.17) is 14.4 Å². The molecule has 0 spiro atoms. The van der Waals surface area contributed by atoms with Crippen LogP contribution in [0.2, 0.25) is 0 Å². The van der Waals surface area contributed by atoms with Gasteiger partial charge >= 0.3 is 13.1 Å². The van der Waals surface area contributed by atoms with Crippen LogP contribution >= 0.6 is 0 Å². The second-order valence-electron chi connectivity index (χ2n) is 5.96. The average molecular weight is 323 g/mol. The van der Waals surface area contributed by atoms with Crippen molar-refractivity contribution in [3.8, 4) is 0 Å². The first-order valence-corrected chi connectivity index (χ1v) is 7.42. The molecule has 1 aromatic carbocycles. The van der Waals surface area contributed by atoms with Crippen molar-refractivity contribution in [3.63, 3.8) is 0 Å². The van der Waals surface area contributed by atoms with E-state index in [1.807, 2.05) is 41.5 Å². The standard InChI is InChI=1S/C13H16BNO6.C2H6/c1-12(2)13(3,4)21-14(20-12)9-5-8(11(16)17)6-10(7-9)15(18)19;1-2/h5-7H,1-4H3,(H,16,17);1-2H3. The third-order valence-corrected chi connectivity index (χ3v) is 3.92. The first-order valence-electron chi connectivity index (χ1n) is 7.42. The number of benzene rings is 1. The molecular formula is C15H22BNO6. The van der Waals surface area contributed by atoms with Gasteiger partial charge in [0, 0.05) is 12.1 Å². The quantitative estimate of drug-likeness (QED) is 0.521. The summed E-state index contributed by atoms with van der Waals surface area (Å²) < 4.78 is 11.6. The molecular weight excluding hydrogens is 301 g/mol. The summed E-state index contributed by atoms with van der Waals surface area (Å²) in [6.07, 6.45) is 0. The van der Waals surface area contributed by atoms with E-state index in [2.05, 4.69) is 0 Å². The molecule has 126 valence electrons. The molecule has 0 saturated carbocycles. The fraction of sp³-hybridized carbons (Fsp3) is 0.533. The smallest absolute Gasteiger partial charge is 0.478 e. The highest BCUT2D eigenvalue weighted by Crippen LogP contribution is 2.36. The van der Waals surface area contributed by atoms with E-state index in [0.717, 1.165) is 6.07 Å². The van der Waals surface area contributed by atoms with Crippen LogP contribution in [0.4, 0.5) is 5.69 Å². The minimum atomic E-state index is -1.24. The van der Waals surface area contributed by atoms with Gasteiger partial charge in [0.2, 0.25) is 0 Å². The van der Waals surface area contributed by atoms with Crippen LogP contribution in [-0.2, 0) is 9.31 Å². The number of carboxylic acid groups (broad SMARTS) is 1. The lowest BCUT2D eigenvalue weighted by molar-refractivity contribution is -0.384. The van der Waals surface area contributed by atoms with Gasteiger partial charge in [0.1, 0.15) is 0 Å². The lowest BCUT2D eigenvalue weighted by Crippen LogP contribution is -2.41. The zero-order valence-electron chi connectivity index (χ0n) is 14.2. The molecule has 1 aliphatic heterocycles. The van der Waals surface area contributed by atoms with Gasteiger partial charge in [-0.05, 0) is 39.2 Å². The fourth-order valence-electron chi connectivity index (χ4n) is 1.98. The lowest BCUT2D eigenvalue weighted by atomic mass is 9.78. The predicted octanol–water partition coefficient (Wildman–Crippen LogP) is 2.62. The minimum absolute atomic E-state index is 0.172. The van der Waals surface area contributed by atoms with Gasteiger partial charge in [0.05, 0.1) is 21.7 Å². The molecule has 0 bridgehead atoms. The summed E-state index contributed by atoms with van der Waals surface area (Å²) in [6.45, 7) is 11.4. The summed E-state index contributed by atoms with van der Waals surface area (Å²) in [5.41, 5.74) is -1.37. The summed E-state index contributed by atoms with van der Waals surface area (Å²) in [5.74, 6) is -1.24. The van der Waals surface area contributed by atoms with E-state index >= 15 is 0 Å². The first kappa shape index (κ1) is 19.1. The molecule has 2 rings (SSSR count). The van der Waals surface area contributed by atoms with Crippen molar-refractivity contribution >= 4 is 24.2 Å². The van der Waals surface area contributed by atoms with E-state index < -0.39 is 29.2 Å². The van der Waals surface area contributed by atoms with Crippen molar-refractivity contribution in [1.29, 1.82) is 0 Å².